The Morgan fingerprint density at radius 2 is 1.89 bits per heavy atom. The molecule has 0 radical (unpaired) electrons. The largest absolute Gasteiger partial charge is 0.478 e. The molecule has 1 aliphatic carbocycles. The fourth-order valence-corrected chi connectivity index (χ4v) is 3.26. The molecule has 0 amide bonds. The highest BCUT2D eigenvalue weighted by molar-refractivity contribution is 5.95. The van der Waals surface area contributed by atoms with E-state index in [1.807, 2.05) is 16.8 Å². The lowest BCUT2D eigenvalue weighted by Gasteiger charge is -2.14. The standard InChI is InChI=1S/C22H23N3O2/c1-14-8-9-15(2)18(12-14)25-20(13-19(24-25)22(3)10-11-22)23-17-7-5-4-6-16(17)21(26)27/h4-9,12-13,23H,10-11H2,1-3H3,(H,26,27). The maximum Gasteiger partial charge on any atom is 0.337 e. The van der Waals surface area contributed by atoms with Crippen molar-refractivity contribution in [3.05, 3.63) is 70.9 Å². The van der Waals surface area contributed by atoms with Crippen LogP contribution in [0.5, 0.6) is 0 Å². The molecule has 27 heavy (non-hydrogen) atoms. The van der Waals surface area contributed by atoms with E-state index in [0.717, 1.165) is 41.2 Å². The van der Waals surface area contributed by atoms with Crippen LogP contribution in [-0.4, -0.2) is 20.9 Å². The Hall–Kier alpha value is -3.08. The first kappa shape index (κ1) is 17.3. The van der Waals surface area contributed by atoms with E-state index in [-0.39, 0.29) is 11.0 Å². The SMILES string of the molecule is Cc1ccc(C)c(-n2nc(C3(C)CC3)cc2Nc2ccccc2C(=O)O)c1. The van der Waals surface area contributed by atoms with Gasteiger partial charge in [-0.15, -0.1) is 0 Å². The maximum atomic E-state index is 11.6. The average Bonchev–Trinajstić information content (AvgIpc) is 3.25. The molecule has 0 spiro atoms. The van der Waals surface area contributed by atoms with E-state index >= 15 is 0 Å². The molecule has 1 aliphatic rings. The van der Waals surface area contributed by atoms with Crippen LogP contribution in [0.15, 0.2) is 48.5 Å². The number of carboxylic acids is 1. The molecular formula is C22H23N3O2. The van der Waals surface area contributed by atoms with Gasteiger partial charge in [-0.3, -0.25) is 0 Å². The summed E-state index contributed by atoms with van der Waals surface area (Å²) >= 11 is 0. The summed E-state index contributed by atoms with van der Waals surface area (Å²) in [6.45, 7) is 6.34. The normalized spacial score (nSPS) is 14.8. The molecule has 0 bridgehead atoms. The molecule has 2 N–H and O–H groups in total. The molecule has 1 fully saturated rings. The summed E-state index contributed by atoms with van der Waals surface area (Å²) in [6.07, 6.45) is 2.25. The first-order chi connectivity index (χ1) is 12.9. The lowest BCUT2D eigenvalue weighted by molar-refractivity contribution is 0.0698. The number of hydrogen-bond donors (Lipinski definition) is 2. The lowest BCUT2D eigenvalue weighted by Crippen LogP contribution is -2.08. The van der Waals surface area contributed by atoms with Gasteiger partial charge in [-0.05, 0) is 56.0 Å². The van der Waals surface area contributed by atoms with Crippen LogP contribution in [0.4, 0.5) is 11.5 Å². The Morgan fingerprint density at radius 1 is 1.15 bits per heavy atom. The minimum atomic E-state index is -0.953. The smallest absolute Gasteiger partial charge is 0.337 e. The van der Waals surface area contributed by atoms with Gasteiger partial charge in [-0.2, -0.15) is 5.10 Å². The van der Waals surface area contributed by atoms with Gasteiger partial charge in [0.2, 0.25) is 0 Å². The first-order valence-electron chi connectivity index (χ1n) is 9.15. The molecule has 1 heterocycles. The zero-order chi connectivity index (χ0) is 19.2. The molecule has 1 aromatic heterocycles. The predicted molar refractivity (Wildman–Crippen MR) is 106 cm³/mol. The molecule has 0 atom stereocenters. The van der Waals surface area contributed by atoms with E-state index in [9.17, 15) is 9.90 Å². The molecule has 5 nitrogen and oxygen atoms in total. The first-order valence-corrected chi connectivity index (χ1v) is 9.15. The molecule has 2 aromatic carbocycles. The Labute approximate surface area is 158 Å². The Morgan fingerprint density at radius 3 is 2.59 bits per heavy atom. The summed E-state index contributed by atoms with van der Waals surface area (Å²) in [5.41, 5.74) is 5.23. The van der Waals surface area contributed by atoms with Crippen LogP contribution in [-0.2, 0) is 5.41 Å². The van der Waals surface area contributed by atoms with Gasteiger partial charge in [0.05, 0.1) is 22.6 Å². The highest BCUT2D eigenvalue weighted by Gasteiger charge is 2.42. The zero-order valence-corrected chi connectivity index (χ0v) is 15.8. The van der Waals surface area contributed by atoms with Crippen LogP contribution >= 0.6 is 0 Å². The number of rotatable bonds is 5. The summed E-state index contributed by atoms with van der Waals surface area (Å²) < 4.78 is 1.90. The second-order valence-corrected chi connectivity index (χ2v) is 7.65. The number of aromatic carboxylic acids is 1. The van der Waals surface area contributed by atoms with Gasteiger partial charge in [0, 0.05) is 11.5 Å². The minimum Gasteiger partial charge on any atom is -0.478 e. The van der Waals surface area contributed by atoms with Crippen LogP contribution in [0, 0.1) is 13.8 Å². The number of anilines is 2. The third-order valence-electron chi connectivity index (χ3n) is 5.34. The van der Waals surface area contributed by atoms with E-state index < -0.39 is 5.97 Å². The van der Waals surface area contributed by atoms with Crippen LogP contribution in [0.2, 0.25) is 0 Å². The molecule has 0 unspecified atom stereocenters. The maximum absolute atomic E-state index is 11.6. The molecular weight excluding hydrogens is 338 g/mol. The topological polar surface area (TPSA) is 67.2 Å². The number of benzene rings is 2. The summed E-state index contributed by atoms with van der Waals surface area (Å²) in [6, 6.07) is 15.3. The van der Waals surface area contributed by atoms with Crippen molar-refractivity contribution in [3.63, 3.8) is 0 Å². The van der Waals surface area contributed by atoms with E-state index in [1.165, 1.54) is 0 Å². The summed E-state index contributed by atoms with van der Waals surface area (Å²) in [5.74, 6) is -0.175. The average molecular weight is 361 g/mol. The van der Waals surface area contributed by atoms with E-state index in [4.69, 9.17) is 5.10 Å². The number of nitrogens with zero attached hydrogens (tertiary/aromatic N) is 2. The molecule has 1 saturated carbocycles. The number of nitrogens with one attached hydrogen (secondary N) is 1. The van der Waals surface area contributed by atoms with Crippen LogP contribution < -0.4 is 5.32 Å². The highest BCUT2D eigenvalue weighted by atomic mass is 16.4. The lowest BCUT2D eigenvalue weighted by atomic mass is 10.1. The van der Waals surface area contributed by atoms with Gasteiger partial charge >= 0.3 is 5.97 Å². The van der Waals surface area contributed by atoms with Crippen molar-refractivity contribution in [1.29, 1.82) is 0 Å². The van der Waals surface area contributed by atoms with Crippen molar-refractivity contribution < 1.29 is 9.90 Å². The van der Waals surface area contributed by atoms with Crippen molar-refractivity contribution in [2.24, 2.45) is 0 Å². The zero-order valence-electron chi connectivity index (χ0n) is 15.8. The van der Waals surface area contributed by atoms with E-state index in [2.05, 4.69) is 44.3 Å². The predicted octanol–water partition coefficient (Wildman–Crippen LogP) is 4.98. The van der Waals surface area contributed by atoms with Crippen molar-refractivity contribution in [1.82, 2.24) is 9.78 Å². The third kappa shape index (κ3) is 3.21. The molecule has 0 aliphatic heterocycles. The molecule has 4 rings (SSSR count). The van der Waals surface area contributed by atoms with Crippen LogP contribution in [0.1, 0.15) is 46.9 Å². The fraction of sp³-hybridized carbons (Fsp3) is 0.273. The van der Waals surface area contributed by atoms with Gasteiger partial charge < -0.3 is 10.4 Å². The molecule has 5 heteroatoms. The Kier molecular flexibility index (Phi) is 4.02. The van der Waals surface area contributed by atoms with Crippen LogP contribution in [0.3, 0.4) is 0 Å². The van der Waals surface area contributed by atoms with Crippen molar-refractivity contribution >= 4 is 17.5 Å². The highest BCUT2D eigenvalue weighted by Crippen LogP contribution is 2.48. The Balaban J connectivity index is 1.84. The van der Waals surface area contributed by atoms with Gasteiger partial charge in [0.15, 0.2) is 0 Å². The number of carbonyl (C=O) groups is 1. The van der Waals surface area contributed by atoms with Crippen LogP contribution in [0.25, 0.3) is 5.69 Å². The second kappa shape index (κ2) is 6.27. The monoisotopic (exact) mass is 361 g/mol. The number of carboxylic acid groups (broad SMARTS) is 1. The van der Waals surface area contributed by atoms with E-state index in [0.29, 0.717) is 5.69 Å². The quantitative estimate of drug-likeness (QED) is 0.672. The van der Waals surface area contributed by atoms with Gasteiger partial charge in [0.25, 0.3) is 0 Å². The van der Waals surface area contributed by atoms with Crippen molar-refractivity contribution in [3.8, 4) is 5.69 Å². The molecule has 0 saturated heterocycles. The number of hydrogen-bond acceptors (Lipinski definition) is 3. The minimum absolute atomic E-state index is 0.117. The number of aromatic nitrogens is 2. The van der Waals surface area contributed by atoms with Gasteiger partial charge in [-0.25, -0.2) is 9.48 Å². The number of aryl methyl sites for hydroxylation is 2. The Bertz CT molecular complexity index is 1030. The number of para-hydroxylation sites is 1. The molecule has 3 aromatic rings. The third-order valence-corrected chi connectivity index (χ3v) is 5.34. The summed E-state index contributed by atoms with van der Waals surface area (Å²) in [7, 11) is 0. The second-order valence-electron chi connectivity index (χ2n) is 7.65. The van der Waals surface area contributed by atoms with Gasteiger partial charge in [-0.1, -0.05) is 31.2 Å². The molecule has 138 valence electrons. The van der Waals surface area contributed by atoms with Crippen molar-refractivity contribution in [2.45, 2.75) is 39.0 Å². The fourth-order valence-electron chi connectivity index (χ4n) is 3.26. The van der Waals surface area contributed by atoms with E-state index in [1.54, 1.807) is 18.2 Å². The summed E-state index contributed by atoms with van der Waals surface area (Å²) in [5, 5.41) is 17.7. The summed E-state index contributed by atoms with van der Waals surface area (Å²) in [4.78, 5) is 11.6. The van der Waals surface area contributed by atoms with Gasteiger partial charge in [0.1, 0.15) is 5.82 Å². The van der Waals surface area contributed by atoms with Crippen molar-refractivity contribution in [2.75, 3.05) is 5.32 Å².